The molecule has 2 bridgehead atoms. The average molecular weight is 306 g/mol. The first kappa shape index (κ1) is 15.0. The van der Waals surface area contributed by atoms with Gasteiger partial charge >= 0.3 is 5.69 Å². The molecule has 1 aromatic rings. The van der Waals surface area contributed by atoms with Crippen LogP contribution < -0.4 is 5.32 Å². The first-order valence-corrected chi connectivity index (χ1v) is 7.87. The summed E-state index contributed by atoms with van der Waals surface area (Å²) in [6.45, 7) is 3.60. The van der Waals surface area contributed by atoms with E-state index in [1.165, 1.54) is 23.9 Å². The molecule has 22 heavy (non-hydrogen) atoms. The van der Waals surface area contributed by atoms with Crippen LogP contribution in [0, 0.1) is 34.8 Å². The summed E-state index contributed by atoms with van der Waals surface area (Å²) < 4.78 is 1.38. The number of carbonyl (C=O) groups excluding carboxylic acids is 1. The lowest BCUT2D eigenvalue weighted by Crippen LogP contribution is -2.40. The standard InChI is InChI=1S/C15H22N4O3/c1-8(12-7-10-4-5-11(12)6-10)16-15(20)13-14(19(21)22)9(2)18(3)17-13/h8,10-12H,4-7H2,1-3H3,(H,16,20)/t8-,10+,11+,12-/m1/s1. The van der Waals surface area contributed by atoms with E-state index in [9.17, 15) is 14.9 Å². The largest absolute Gasteiger partial charge is 0.348 e. The van der Waals surface area contributed by atoms with Gasteiger partial charge in [0.15, 0.2) is 0 Å². The second-order valence-corrected chi connectivity index (χ2v) is 6.76. The first-order chi connectivity index (χ1) is 10.4. The molecule has 120 valence electrons. The van der Waals surface area contributed by atoms with Crippen molar-refractivity contribution in [2.24, 2.45) is 24.8 Å². The summed E-state index contributed by atoms with van der Waals surface area (Å²) in [6, 6.07) is 0.0321. The summed E-state index contributed by atoms with van der Waals surface area (Å²) in [4.78, 5) is 23.1. The van der Waals surface area contributed by atoms with Crippen molar-refractivity contribution >= 4 is 11.6 Å². The lowest BCUT2D eigenvalue weighted by atomic mass is 9.84. The minimum absolute atomic E-state index is 0.0321. The Kier molecular flexibility index (Phi) is 3.66. The minimum atomic E-state index is -0.528. The number of nitro groups is 1. The monoisotopic (exact) mass is 306 g/mol. The Bertz CT molecular complexity index is 625. The van der Waals surface area contributed by atoms with Gasteiger partial charge in [0, 0.05) is 13.1 Å². The van der Waals surface area contributed by atoms with E-state index in [1.54, 1.807) is 14.0 Å². The summed E-state index contributed by atoms with van der Waals surface area (Å²) in [6.07, 6.45) is 4.99. The maximum Gasteiger partial charge on any atom is 0.322 e. The van der Waals surface area contributed by atoms with Gasteiger partial charge in [0.25, 0.3) is 5.91 Å². The number of nitrogens with zero attached hydrogens (tertiary/aromatic N) is 3. The van der Waals surface area contributed by atoms with Crippen LogP contribution in [0.2, 0.25) is 0 Å². The van der Waals surface area contributed by atoms with Gasteiger partial charge in [-0.2, -0.15) is 5.10 Å². The highest BCUT2D eigenvalue weighted by atomic mass is 16.6. The first-order valence-electron chi connectivity index (χ1n) is 7.87. The van der Waals surface area contributed by atoms with Crippen LogP contribution in [0.5, 0.6) is 0 Å². The Morgan fingerprint density at radius 1 is 1.45 bits per heavy atom. The Morgan fingerprint density at radius 2 is 2.18 bits per heavy atom. The van der Waals surface area contributed by atoms with Gasteiger partial charge in [-0.1, -0.05) is 6.42 Å². The zero-order valence-corrected chi connectivity index (χ0v) is 13.2. The van der Waals surface area contributed by atoms with Crippen LogP contribution in [0.1, 0.15) is 48.8 Å². The van der Waals surface area contributed by atoms with E-state index in [1.807, 2.05) is 6.92 Å². The van der Waals surface area contributed by atoms with Crippen LogP contribution in [0.15, 0.2) is 0 Å². The molecule has 1 N–H and O–H groups in total. The molecular formula is C15H22N4O3. The number of carbonyl (C=O) groups is 1. The molecule has 1 amide bonds. The van der Waals surface area contributed by atoms with Crippen molar-refractivity contribution in [3.63, 3.8) is 0 Å². The average Bonchev–Trinajstić information content (AvgIpc) is 3.14. The van der Waals surface area contributed by atoms with E-state index >= 15 is 0 Å². The van der Waals surface area contributed by atoms with Crippen LogP contribution in [-0.4, -0.2) is 26.7 Å². The summed E-state index contributed by atoms with van der Waals surface area (Å²) in [7, 11) is 1.61. The number of hydrogen-bond donors (Lipinski definition) is 1. The SMILES string of the molecule is Cc1c([N+](=O)[O-])c(C(=O)N[C@H](C)[C@H]2C[C@H]3CC[C@H]2C3)nn1C. The molecule has 2 aliphatic rings. The highest BCUT2D eigenvalue weighted by molar-refractivity contribution is 5.96. The molecule has 0 spiro atoms. The Morgan fingerprint density at radius 3 is 2.73 bits per heavy atom. The number of aryl methyl sites for hydroxylation is 1. The molecule has 2 saturated carbocycles. The molecule has 1 aromatic heterocycles. The summed E-state index contributed by atoms with van der Waals surface area (Å²) in [5, 5.41) is 18.1. The summed E-state index contributed by atoms with van der Waals surface area (Å²) >= 11 is 0. The second kappa shape index (κ2) is 5.37. The number of nitrogens with one attached hydrogen (secondary N) is 1. The molecule has 0 saturated heterocycles. The zero-order chi connectivity index (χ0) is 16.0. The molecule has 2 aliphatic carbocycles. The molecular weight excluding hydrogens is 284 g/mol. The van der Waals surface area contributed by atoms with Crippen molar-refractivity contribution in [3.05, 3.63) is 21.5 Å². The molecule has 0 aliphatic heterocycles. The number of rotatable bonds is 4. The van der Waals surface area contributed by atoms with Crippen molar-refractivity contribution in [2.45, 2.75) is 45.6 Å². The van der Waals surface area contributed by atoms with Crippen molar-refractivity contribution in [2.75, 3.05) is 0 Å². The number of hydrogen-bond acceptors (Lipinski definition) is 4. The van der Waals surface area contributed by atoms with Gasteiger partial charge in [-0.15, -0.1) is 0 Å². The lowest BCUT2D eigenvalue weighted by molar-refractivity contribution is -0.385. The van der Waals surface area contributed by atoms with Gasteiger partial charge in [0.1, 0.15) is 5.69 Å². The van der Waals surface area contributed by atoms with E-state index in [0.717, 1.165) is 12.3 Å². The van der Waals surface area contributed by atoms with Gasteiger partial charge in [-0.25, -0.2) is 0 Å². The smallest absolute Gasteiger partial charge is 0.322 e. The fourth-order valence-corrected chi connectivity index (χ4v) is 4.26. The minimum Gasteiger partial charge on any atom is -0.348 e. The fourth-order valence-electron chi connectivity index (χ4n) is 4.26. The Labute approximate surface area is 129 Å². The third-order valence-corrected chi connectivity index (χ3v) is 5.49. The van der Waals surface area contributed by atoms with Crippen molar-refractivity contribution in [1.29, 1.82) is 0 Å². The van der Waals surface area contributed by atoms with Crippen molar-refractivity contribution < 1.29 is 9.72 Å². The predicted octanol–water partition coefficient (Wildman–Crippen LogP) is 2.19. The zero-order valence-electron chi connectivity index (χ0n) is 13.2. The molecule has 0 radical (unpaired) electrons. The van der Waals surface area contributed by atoms with Crippen LogP contribution in [0.25, 0.3) is 0 Å². The van der Waals surface area contributed by atoms with Crippen molar-refractivity contribution in [1.82, 2.24) is 15.1 Å². The predicted molar refractivity (Wildman–Crippen MR) is 80.5 cm³/mol. The quantitative estimate of drug-likeness (QED) is 0.682. The molecule has 2 fully saturated rings. The normalized spacial score (nSPS) is 27.9. The maximum atomic E-state index is 12.4. The number of fused-ring (bicyclic) bond motifs is 2. The molecule has 3 rings (SSSR count). The van der Waals surface area contributed by atoms with Gasteiger partial charge in [0.05, 0.1) is 4.92 Å². The summed E-state index contributed by atoms with van der Waals surface area (Å²) in [5.74, 6) is 1.55. The van der Waals surface area contributed by atoms with Crippen LogP contribution in [-0.2, 0) is 7.05 Å². The number of aromatic nitrogens is 2. The third kappa shape index (κ3) is 2.38. The molecule has 7 heteroatoms. The Balaban J connectivity index is 1.75. The van der Waals surface area contributed by atoms with Gasteiger partial charge in [0.2, 0.25) is 5.69 Å². The number of amides is 1. The Hall–Kier alpha value is -1.92. The van der Waals surface area contributed by atoms with E-state index in [4.69, 9.17) is 0 Å². The molecule has 7 nitrogen and oxygen atoms in total. The van der Waals surface area contributed by atoms with Gasteiger partial charge in [-0.3, -0.25) is 19.6 Å². The molecule has 0 unspecified atom stereocenters. The summed E-state index contributed by atoms with van der Waals surface area (Å²) in [5.41, 5.74) is 0.114. The van der Waals surface area contributed by atoms with Crippen LogP contribution >= 0.6 is 0 Å². The molecule has 0 aromatic carbocycles. The second-order valence-electron chi connectivity index (χ2n) is 6.76. The fraction of sp³-hybridized carbons (Fsp3) is 0.733. The van der Waals surface area contributed by atoms with E-state index < -0.39 is 10.8 Å². The van der Waals surface area contributed by atoms with Crippen molar-refractivity contribution in [3.8, 4) is 0 Å². The van der Waals surface area contributed by atoms with Gasteiger partial charge < -0.3 is 5.32 Å². The molecule has 4 atom stereocenters. The maximum absolute atomic E-state index is 12.4. The highest BCUT2D eigenvalue weighted by Gasteiger charge is 2.42. The third-order valence-electron chi connectivity index (χ3n) is 5.49. The lowest BCUT2D eigenvalue weighted by Gasteiger charge is -2.28. The molecule has 1 heterocycles. The van der Waals surface area contributed by atoms with E-state index in [0.29, 0.717) is 17.5 Å². The van der Waals surface area contributed by atoms with E-state index in [2.05, 4.69) is 10.4 Å². The highest BCUT2D eigenvalue weighted by Crippen LogP contribution is 2.49. The van der Waals surface area contributed by atoms with Crippen LogP contribution in [0.3, 0.4) is 0 Å². The van der Waals surface area contributed by atoms with E-state index in [-0.39, 0.29) is 17.4 Å². The van der Waals surface area contributed by atoms with Gasteiger partial charge in [-0.05, 0) is 50.9 Å². The van der Waals surface area contributed by atoms with Crippen LogP contribution in [0.4, 0.5) is 5.69 Å². The topological polar surface area (TPSA) is 90.1 Å².